The Balaban J connectivity index is 1.90. The van der Waals surface area contributed by atoms with Gasteiger partial charge in [0, 0.05) is 7.05 Å². The van der Waals surface area contributed by atoms with Crippen LogP contribution in [0.4, 0.5) is 5.69 Å². The van der Waals surface area contributed by atoms with Crippen LogP contribution < -0.4 is 9.47 Å². The summed E-state index contributed by atoms with van der Waals surface area (Å²) in [5, 5.41) is 9.53. The van der Waals surface area contributed by atoms with E-state index in [2.05, 4.69) is 27.6 Å². The van der Waals surface area contributed by atoms with Gasteiger partial charge in [-0.2, -0.15) is 0 Å². The van der Waals surface area contributed by atoms with Gasteiger partial charge in [0.05, 0.1) is 32.9 Å². The fourth-order valence-electron chi connectivity index (χ4n) is 2.81. The van der Waals surface area contributed by atoms with Gasteiger partial charge in [0.2, 0.25) is 0 Å². The van der Waals surface area contributed by atoms with Crippen molar-refractivity contribution in [2.75, 3.05) is 20.3 Å². The summed E-state index contributed by atoms with van der Waals surface area (Å²) in [6.07, 6.45) is 1.81. The lowest BCUT2D eigenvalue weighted by Crippen LogP contribution is -2.23. The highest BCUT2D eigenvalue weighted by molar-refractivity contribution is 14.1. The highest BCUT2D eigenvalue weighted by atomic mass is 127. The van der Waals surface area contributed by atoms with Crippen LogP contribution in [0, 0.1) is 3.57 Å². The van der Waals surface area contributed by atoms with Gasteiger partial charge in [-0.15, -0.1) is 0 Å². The van der Waals surface area contributed by atoms with Gasteiger partial charge in [-0.25, -0.2) is 9.79 Å². The molecule has 0 spiro atoms. The van der Waals surface area contributed by atoms with Crippen molar-refractivity contribution in [2.45, 2.75) is 13.8 Å². The molecule has 0 aliphatic carbocycles. The molecular weight excluding hydrogens is 531 g/mol. The van der Waals surface area contributed by atoms with E-state index >= 15 is 0 Å². The smallest absolute Gasteiger partial charge is 0.335 e. The van der Waals surface area contributed by atoms with Gasteiger partial charge in [0.25, 0.3) is 5.91 Å². The third kappa shape index (κ3) is 5.40. The third-order valence-electron chi connectivity index (χ3n) is 4.26. The third-order valence-corrected chi connectivity index (χ3v) is 6.12. The molecule has 0 bridgehead atoms. The monoisotopic (exact) mass is 552 g/mol. The number of hydrogen-bond donors (Lipinski definition) is 1. The maximum atomic E-state index is 12.7. The van der Waals surface area contributed by atoms with Gasteiger partial charge >= 0.3 is 5.97 Å². The normalized spacial score (nSPS) is 16.3. The van der Waals surface area contributed by atoms with Crippen LogP contribution in [0.1, 0.15) is 29.8 Å². The Morgan fingerprint density at radius 1 is 1.19 bits per heavy atom. The van der Waals surface area contributed by atoms with Crippen molar-refractivity contribution in [1.29, 1.82) is 0 Å². The van der Waals surface area contributed by atoms with Gasteiger partial charge in [-0.05, 0) is 96.2 Å². The number of carbonyl (C=O) groups is 2. The fourth-order valence-corrected chi connectivity index (χ4v) is 4.58. The largest absolute Gasteiger partial charge is 0.490 e. The number of halogens is 1. The number of carboxylic acid groups (broad SMARTS) is 1. The summed E-state index contributed by atoms with van der Waals surface area (Å²) >= 11 is 3.46. The molecule has 1 fully saturated rings. The maximum absolute atomic E-state index is 12.7. The molecule has 162 valence electrons. The molecule has 31 heavy (non-hydrogen) atoms. The summed E-state index contributed by atoms with van der Waals surface area (Å²) in [4.78, 5) is 30.2. The Morgan fingerprint density at radius 2 is 1.87 bits per heavy atom. The highest BCUT2D eigenvalue weighted by Crippen LogP contribution is 2.37. The zero-order valence-electron chi connectivity index (χ0n) is 17.2. The summed E-state index contributed by atoms with van der Waals surface area (Å²) in [6, 6.07) is 9.99. The Bertz CT molecular complexity index is 1070. The van der Waals surface area contributed by atoms with Crippen LogP contribution in [0.15, 0.2) is 46.3 Å². The topological polar surface area (TPSA) is 88.4 Å². The number of nitrogens with zero attached hydrogens (tertiary/aromatic N) is 2. The number of aromatic carboxylic acids is 1. The number of amides is 1. The van der Waals surface area contributed by atoms with Crippen LogP contribution >= 0.6 is 34.4 Å². The Kier molecular flexibility index (Phi) is 7.60. The van der Waals surface area contributed by atoms with Gasteiger partial charge in [-0.1, -0.05) is 0 Å². The van der Waals surface area contributed by atoms with Gasteiger partial charge in [0.15, 0.2) is 16.7 Å². The molecule has 3 rings (SSSR count). The number of likely N-dealkylation sites (N-methyl/N-ethyl adjacent to an activating group) is 1. The number of ether oxygens (including phenoxy) is 2. The molecule has 1 aliphatic rings. The predicted molar refractivity (Wildman–Crippen MR) is 130 cm³/mol. The predicted octanol–water partition coefficient (Wildman–Crippen LogP) is 5.02. The number of carboxylic acids is 1. The number of amidine groups is 1. The second-order valence-corrected chi connectivity index (χ2v) is 8.59. The highest BCUT2D eigenvalue weighted by Gasteiger charge is 2.30. The van der Waals surface area contributed by atoms with Crippen molar-refractivity contribution < 1.29 is 24.2 Å². The van der Waals surface area contributed by atoms with Crippen LogP contribution in [0.3, 0.4) is 0 Å². The standard InChI is InChI=1S/C22H21IN2O5S/c1-4-29-17-11-13(10-16(23)19(17)30-5-2)12-18-20(26)25(3)22(31-18)24-15-8-6-14(7-9-15)21(27)28/h6-12H,4-5H2,1-3H3,(H,27,28)/b18-12-,24-22?. The quantitative estimate of drug-likeness (QED) is 0.384. The molecule has 1 amide bonds. The molecule has 0 atom stereocenters. The van der Waals surface area contributed by atoms with Crippen molar-refractivity contribution in [3.05, 3.63) is 56.0 Å². The zero-order chi connectivity index (χ0) is 22.5. The minimum Gasteiger partial charge on any atom is -0.490 e. The molecule has 1 saturated heterocycles. The van der Waals surface area contributed by atoms with Gasteiger partial charge in [-0.3, -0.25) is 9.69 Å². The lowest BCUT2D eigenvalue weighted by molar-refractivity contribution is -0.121. The summed E-state index contributed by atoms with van der Waals surface area (Å²) < 4.78 is 12.3. The number of benzene rings is 2. The van der Waals surface area contributed by atoms with Crippen molar-refractivity contribution in [1.82, 2.24) is 4.90 Å². The first-order valence-electron chi connectivity index (χ1n) is 9.52. The minimum absolute atomic E-state index is 0.159. The summed E-state index contributed by atoms with van der Waals surface area (Å²) in [5.74, 6) is 0.178. The molecule has 0 saturated carbocycles. The van der Waals surface area contributed by atoms with E-state index in [0.29, 0.717) is 40.5 Å². The van der Waals surface area contributed by atoms with Crippen molar-refractivity contribution in [3.8, 4) is 11.5 Å². The van der Waals surface area contributed by atoms with E-state index < -0.39 is 5.97 Å². The summed E-state index contributed by atoms with van der Waals surface area (Å²) in [5.41, 5.74) is 1.58. The molecule has 0 aromatic heterocycles. The van der Waals surface area contributed by atoms with E-state index in [-0.39, 0.29) is 11.5 Å². The summed E-state index contributed by atoms with van der Waals surface area (Å²) in [6.45, 7) is 4.86. The fraction of sp³-hybridized carbons (Fsp3) is 0.227. The van der Waals surface area contributed by atoms with E-state index in [1.54, 1.807) is 25.3 Å². The lowest BCUT2D eigenvalue weighted by atomic mass is 10.2. The van der Waals surface area contributed by atoms with Crippen molar-refractivity contribution >= 4 is 63.2 Å². The Morgan fingerprint density at radius 3 is 2.48 bits per heavy atom. The lowest BCUT2D eigenvalue weighted by Gasteiger charge is -2.13. The van der Waals surface area contributed by atoms with Gasteiger partial charge < -0.3 is 14.6 Å². The van der Waals surface area contributed by atoms with Crippen molar-refractivity contribution in [3.63, 3.8) is 0 Å². The second-order valence-electron chi connectivity index (χ2n) is 6.42. The van der Waals surface area contributed by atoms with E-state index in [1.165, 1.54) is 28.8 Å². The zero-order valence-corrected chi connectivity index (χ0v) is 20.2. The van der Waals surface area contributed by atoms with E-state index in [9.17, 15) is 9.59 Å². The molecule has 2 aromatic rings. The number of thioether (sulfide) groups is 1. The molecule has 9 heteroatoms. The number of carbonyl (C=O) groups excluding carboxylic acids is 1. The minimum atomic E-state index is -0.997. The number of rotatable bonds is 7. The van der Waals surface area contributed by atoms with Gasteiger partial charge in [0.1, 0.15) is 0 Å². The van der Waals surface area contributed by atoms with Crippen LogP contribution in [-0.4, -0.2) is 47.3 Å². The first-order chi connectivity index (χ1) is 14.8. The first kappa shape index (κ1) is 23.1. The SMILES string of the molecule is CCOc1cc(/C=C2\SC(=Nc3ccc(C(=O)O)cc3)N(C)C2=O)cc(I)c1OCC. The molecule has 0 unspecified atom stereocenters. The van der Waals surface area contributed by atoms with E-state index in [4.69, 9.17) is 14.6 Å². The summed E-state index contributed by atoms with van der Waals surface area (Å²) in [7, 11) is 1.66. The number of aliphatic imine (C=N–C) groups is 1. The average Bonchev–Trinajstić information content (AvgIpc) is 2.99. The van der Waals surface area contributed by atoms with Crippen LogP contribution in [0.25, 0.3) is 6.08 Å². The molecule has 0 radical (unpaired) electrons. The van der Waals surface area contributed by atoms with Crippen molar-refractivity contribution in [2.24, 2.45) is 4.99 Å². The molecule has 1 heterocycles. The first-order valence-corrected chi connectivity index (χ1v) is 11.4. The molecular formula is C22H21IN2O5S. The molecule has 1 aliphatic heterocycles. The number of hydrogen-bond acceptors (Lipinski definition) is 6. The van der Waals surface area contributed by atoms with Crippen LogP contribution in [0.2, 0.25) is 0 Å². The molecule has 7 nitrogen and oxygen atoms in total. The maximum Gasteiger partial charge on any atom is 0.335 e. The van der Waals surface area contributed by atoms with E-state index in [1.807, 2.05) is 26.0 Å². The second kappa shape index (κ2) is 10.2. The Hall–Kier alpha value is -2.53. The average molecular weight is 552 g/mol. The molecule has 2 aromatic carbocycles. The van der Waals surface area contributed by atoms with E-state index in [0.717, 1.165) is 9.13 Å². The molecule has 1 N–H and O–H groups in total. The van der Waals surface area contributed by atoms with Crippen LogP contribution in [-0.2, 0) is 4.79 Å². The Labute approximate surface area is 198 Å². The van der Waals surface area contributed by atoms with Crippen LogP contribution in [0.5, 0.6) is 11.5 Å².